The van der Waals surface area contributed by atoms with E-state index in [0.29, 0.717) is 48.7 Å². The minimum atomic E-state index is -3.84. The molecule has 3 aliphatic heterocycles. The van der Waals surface area contributed by atoms with E-state index in [9.17, 15) is 18.0 Å². The van der Waals surface area contributed by atoms with Gasteiger partial charge < -0.3 is 14.8 Å². The summed E-state index contributed by atoms with van der Waals surface area (Å²) < 4.78 is 28.6. The number of H-pyrrole nitrogens is 1. The first-order chi connectivity index (χ1) is 17.9. The summed E-state index contributed by atoms with van der Waals surface area (Å²) in [6.45, 7) is 4.11. The fourth-order valence-corrected chi connectivity index (χ4v) is 7.62. The zero-order valence-corrected chi connectivity index (χ0v) is 21.7. The highest BCUT2D eigenvalue weighted by Gasteiger charge is 2.32. The van der Waals surface area contributed by atoms with Gasteiger partial charge in [0.1, 0.15) is 0 Å². The van der Waals surface area contributed by atoms with Gasteiger partial charge in [0, 0.05) is 42.3 Å². The van der Waals surface area contributed by atoms with Crippen LogP contribution in [0.2, 0.25) is 0 Å². The third kappa shape index (κ3) is 4.49. The molecule has 2 saturated heterocycles. The number of amides is 1. The number of piperidine rings is 1. The number of benzene rings is 2. The molecular weight excluding hydrogens is 488 g/mol. The van der Waals surface area contributed by atoms with Crippen LogP contribution in [0.25, 0.3) is 10.8 Å². The summed E-state index contributed by atoms with van der Waals surface area (Å²) in [6, 6.07) is 14.4. The highest BCUT2D eigenvalue weighted by atomic mass is 32.2. The van der Waals surface area contributed by atoms with Crippen LogP contribution < -0.4 is 5.56 Å². The topological polar surface area (TPSA) is 93.8 Å². The molecule has 2 fully saturated rings. The Morgan fingerprint density at radius 2 is 1.62 bits per heavy atom. The van der Waals surface area contributed by atoms with E-state index >= 15 is 0 Å². The molecule has 1 amide bonds. The average molecular weight is 521 g/mol. The average Bonchev–Trinajstić information content (AvgIpc) is 3.48. The number of carbonyl (C=O) groups excluding carboxylic acids is 1. The minimum Gasteiger partial charge on any atom is -0.339 e. The van der Waals surface area contributed by atoms with Crippen molar-refractivity contribution in [2.45, 2.75) is 49.6 Å². The van der Waals surface area contributed by atoms with Gasteiger partial charge in [-0.25, -0.2) is 8.42 Å². The Balaban J connectivity index is 1.20. The number of sulfonamides is 1. The van der Waals surface area contributed by atoms with Crippen LogP contribution in [0.15, 0.2) is 58.2 Å². The van der Waals surface area contributed by atoms with Gasteiger partial charge in [0.25, 0.3) is 11.5 Å². The third-order valence-electron chi connectivity index (χ3n) is 8.20. The summed E-state index contributed by atoms with van der Waals surface area (Å²) in [5, 5.41) is 1.49. The summed E-state index contributed by atoms with van der Waals surface area (Å²) >= 11 is 0. The van der Waals surface area contributed by atoms with Crippen LogP contribution >= 0.6 is 0 Å². The van der Waals surface area contributed by atoms with Crippen molar-refractivity contribution in [1.82, 2.24) is 19.1 Å². The van der Waals surface area contributed by atoms with E-state index in [2.05, 4.69) is 9.88 Å². The van der Waals surface area contributed by atoms with Gasteiger partial charge in [-0.2, -0.15) is 4.31 Å². The lowest BCUT2D eigenvalue weighted by Crippen LogP contribution is -2.46. The van der Waals surface area contributed by atoms with Gasteiger partial charge in [0.05, 0.1) is 11.4 Å². The number of aromatic nitrogens is 1. The fourth-order valence-electron chi connectivity index (χ4n) is 6.17. The summed E-state index contributed by atoms with van der Waals surface area (Å²) in [6.07, 6.45) is 4.95. The molecule has 3 aromatic rings. The Kier molecular flexibility index (Phi) is 6.38. The van der Waals surface area contributed by atoms with Crippen LogP contribution in [0.5, 0.6) is 0 Å². The lowest BCUT2D eigenvalue weighted by atomic mass is 9.99. The van der Waals surface area contributed by atoms with Gasteiger partial charge in [-0.15, -0.1) is 0 Å². The quantitative estimate of drug-likeness (QED) is 0.571. The zero-order chi connectivity index (χ0) is 25.6. The number of carbonyl (C=O) groups is 1. The molecule has 3 aliphatic rings. The maximum atomic E-state index is 13.6. The molecule has 0 aliphatic carbocycles. The van der Waals surface area contributed by atoms with E-state index in [1.165, 1.54) is 23.2 Å². The third-order valence-corrected chi connectivity index (χ3v) is 10.0. The van der Waals surface area contributed by atoms with Crippen LogP contribution in [-0.4, -0.2) is 72.2 Å². The SMILES string of the molecule is O=C(c1cccc(S(=O)(=O)N2CCc3c([nH]c(=O)c4ccccc34)C2)c1)N1CCC(N2CCCC2)CC1. The second-order valence-corrected chi connectivity index (χ2v) is 12.3. The van der Waals surface area contributed by atoms with Crippen molar-refractivity contribution in [3.63, 3.8) is 0 Å². The second kappa shape index (κ2) is 9.70. The molecule has 0 unspecified atom stereocenters. The van der Waals surface area contributed by atoms with Crippen LogP contribution in [0.1, 0.15) is 47.3 Å². The maximum Gasteiger partial charge on any atom is 0.256 e. The largest absolute Gasteiger partial charge is 0.339 e. The fraction of sp³-hybridized carbons (Fsp3) is 0.429. The lowest BCUT2D eigenvalue weighted by molar-refractivity contribution is 0.0644. The van der Waals surface area contributed by atoms with Crippen LogP contribution in [0.3, 0.4) is 0 Å². The minimum absolute atomic E-state index is 0.0972. The number of nitrogens with one attached hydrogen (secondary N) is 1. The van der Waals surface area contributed by atoms with Crippen molar-refractivity contribution in [3.05, 3.63) is 75.7 Å². The van der Waals surface area contributed by atoms with Gasteiger partial charge in [-0.05, 0) is 80.4 Å². The number of pyridine rings is 1. The van der Waals surface area contributed by atoms with E-state index in [4.69, 9.17) is 0 Å². The summed E-state index contributed by atoms with van der Waals surface area (Å²) in [5.74, 6) is -0.114. The predicted molar refractivity (Wildman–Crippen MR) is 142 cm³/mol. The van der Waals surface area contributed by atoms with Crippen molar-refractivity contribution >= 4 is 26.7 Å². The number of nitrogens with zero attached hydrogens (tertiary/aromatic N) is 3. The summed E-state index contributed by atoms with van der Waals surface area (Å²) in [7, 11) is -3.84. The van der Waals surface area contributed by atoms with E-state index < -0.39 is 10.0 Å². The Labute approximate surface area is 216 Å². The van der Waals surface area contributed by atoms with E-state index in [0.717, 1.165) is 36.9 Å². The molecule has 4 heterocycles. The molecule has 1 N–H and O–H groups in total. The van der Waals surface area contributed by atoms with Gasteiger partial charge >= 0.3 is 0 Å². The molecular formula is C28H32N4O4S. The standard InChI is InChI=1S/C28H32N4O4S/c33-27-25-9-2-1-8-23(25)24-12-17-32(19-26(24)29-27)37(35,36)22-7-5-6-20(18-22)28(34)31-15-10-21(11-16-31)30-13-3-4-14-30/h1-2,5-9,18,21H,3-4,10-17,19H2,(H,29,33). The molecule has 2 aromatic carbocycles. The number of rotatable bonds is 4. The molecule has 6 rings (SSSR count). The first kappa shape index (κ1) is 24.3. The molecule has 37 heavy (non-hydrogen) atoms. The first-order valence-electron chi connectivity index (χ1n) is 13.2. The Hall–Kier alpha value is -3.01. The van der Waals surface area contributed by atoms with Crippen molar-refractivity contribution in [2.24, 2.45) is 0 Å². The van der Waals surface area contributed by atoms with E-state index in [1.807, 2.05) is 23.1 Å². The monoisotopic (exact) mass is 520 g/mol. The summed E-state index contributed by atoms with van der Waals surface area (Å²) in [4.78, 5) is 33.2. The van der Waals surface area contributed by atoms with E-state index in [-0.39, 0.29) is 22.9 Å². The van der Waals surface area contributed by atoms with Crippen molar-refractivity contribution in [3.8, 4) is 0 Å². The van der Waals surface area contributed by atoms with Gasteiger partial charge in [-0.3, -0.25) is 9.59 Å². The number of fused-ring (bicyclic) bond motifs is 3. The zero-order valence-electron chi connectivity index (χ0n) is 20.9. The molecule has 0 saturated carbocycles. The normalized spacial score (nSPS) is 19.8. The maximum absolute atomic E-state index is 13.6. The predicted octanol–water partition coefficient (Wildman–Crippen LogP) is 2.98. The second-order valence-electron chi connectivity index (χ2n) is 10.3. The lowest BCUT2D eigenvalue weighted by Gasteiger charge is -2.36. The first-order valence-corrected chi connectivity index (χ1v) is 14.6. The van der Waals surface area contributed by atoms with Crippen molar-refractivity contribution in [2.75, 3.05) is 32.7 Å². The van der Waals surface area contributed by atoms with Crippen LogP contribution in [0, 0.1) is 0 Å². The van der Waals surface area contributed by atoms with Crippen LogP contribution in [-0.2, 0) is 23.0 Å². The smallest absolute Gasteiger partial charge is 0.256 e. The molecule has 0 atom stereocenters. The molecule has 1 aromatic heterocycles. The number of likely N-dealkylation sites (tertiary alicyclic amines) is 2. The van der Waals surface area contributed by atoms with Gasteiger partial charge in [-0.1, -0.05) is 24.3 Å². The Bertz CT molecular complexity index is 1500. The molecule has 8 nitrogen and oxygen atoms in total. The Morgan fingerprint density at radius 1 is 0.892 bits per heavy atom. The molecule has 194 valence electrons. The number of hydrogen-bond acceptors (Lipinski definition) is 5. The van der Waals surface area contributed by atoms with Crippen LogP contribution in [0.4, 0.5) is 0 Å². The van der Waals surface area contributed by atoms with Crippen molar-refractivity contribution in [1.29, 1.82) is 0 Å². The highest BCUT2D eigenvalue weighted by molar-refractivity contribution is 7.89. The Morgan fingerprint density at radius 3 is 2.38 bits per heavy atom. The summed E-state index contributed by atoms with van der Waals surface area (Å²) in [5.41, 5.74) is 1.81. The number of aromatic amines is 1. The van der Waals surface area contributed by atoms with Gasteiger partial charge in [0.15, 0.2) is 0 Å². The highest BCUT2D eigenvalue weighted by Crippen LogP contribution is 2.28. The number of hydrogen-bond donors (Lipinski definition) is 1. The molecule has 9 heteroatoms. The molecule has 0 spiro atoms. The molecule has 0 bridgehead atoms. The molecule has 0 radical (unpaired) electrons. The van der Waals surface area contributed by atoms with Gasteiger partial charge in [0.2, 0.25) is 10.0 Å². The van der Waals surface area contributed by atoms with E-state index in [1.54, 1.807) is 24.3 Å². The van der Waals surface area contributed by atoms with Crippen molar-refractivity contribution < 1.29 is 13.2 Å².